The number of allylic oxidation sites excluding steroid dienone is 8. The van der Waals surface area contributed by atoms with E-state index >= 15 is 0 Å². The molecule has 1 aliphatic heterocycles. The topological polar surface area (TPSA) is 31.7 Å². The summed E-state index contributed by atoms with van der Waals surface area (Å²) < 4.78 is 0. The zero-order valence-electron chi connectivity index (χ0n) is 31.8. The summed E-state index contributed by atoms with van der Waals surface area (Å²) >= 11 is 0. The fourth-order valence-electron chi connectivity index (χ4n) is 7.59. The summed E-state index contributed by atoms with van der Waals surface area (Å²) in [6.07, 6.45) is 22.2. The van der Waals surface area contributed by atoms with Gasteiger partial charge in [0.2, 0.25) is 0 Å². The van der Waals surface area contributed by atoms with Crippen LogP contribution in [0.4, 0.5) is 22.7 Å². The van der Waals surface area contributed by atoms with Gasteiger partial charge in [0.1, 0.15) is 0 Å². The number of hydrogen-bond acceptors (Lipinski definition) is 4. The highest BCUT2D eigenvalue weighted by atomic mass is 15.2. The molecule has 0 spiro atoms. The van der Waals surface area contributed by atoms with Crippen LogP contribution in [0.5, 0.6) is 0 Å². The van der Waals surface area contributed by atoms with Gasteiger partial charge in [0, 0.05) is 70.9 Å². The second kappa shape index (κ2) is 15.5. The maximum atomic E-state index is 4.75. The number of aryl methyl sites for hydroxylation is 3. The van der Waals surface area contributed by atoms with E-state index in [0.29, 0.717) is 5.92 Å². The van der Waals surface area contributed by atoms with E-state index in [1.807, 2.05) is 18.6 Å². The van der Waals surface area contributed by atoms with E-state index in [9.17, 15) is 0 Å². The average molecular weight is 705 g/mol. The van der Waals surface area contributed by atoms with E-state index in [1.165, 1.54) is 56.2 Å². The predicted molar refractivity (Wildman–Crippen MR) is 229 cm³/mol. The van der Waals surface area contributed by atoms with Crippen molar-refractivity contribution in [1.29, 1.82) is 0 Å². The molecule has 4 aromatic carbocycles. The lowest BCUT2D eigenvalue weighted by Crippen LogP contribution is -2.19. The minimum Gasteiger partial charge on any atom is -0.315 e. The smallest absolute Gasteiger partial charge is 0.0461 e. The number of aromatic nitrogens is 1. The first-order valence-electron chi connectivity index (χ1n) is 19.2. The molecule has 2 aliphatic carbocycles. The molecule has 4 nitrogen and oxygen atoms in total. The summed E-state index contributed by atoms with van der Waals surface area (Å²) in [5.41, 5.74) is 18.4. The van der Waals surface area contributed by atoms with E-state index in [2.05, 4.69) is 171 Å². The third-order valence-corrected chi connectivity index (χ3v) is 10.8. The van der Waals surface area contributed by atoms with Crippen molar-refractivity contribution < 1.29 is 0 Å². The summed E-state index contributed by atoms with van der Waals surface area (Å²) in [6, 6.07) is 37.7. The molecular weight excluding hydrogens is 657 g/mol. The van der Waals surface area contributed by atoms with Crippen molar-refractivity contribution in [1.82, 2.24) is 4.98 Å². The SMILES string of the molecule is Cc1ccc(N(C2=CCC(C)C=C2)c2ccc(-c3cncc(C4=CN=C/C(=C5\CC=C(N(c6ccc(C)cc6)c6ccc(C)cc6)CC5)C4)c3)cc2)cc1. The lowest BCUT2D eigenvalue weighted by atomic mass is 9.88. The molecule has 0 fully saturated rings. The minimum absolute atomic E-state index is 0.560. The first-order valence-corrected chi connectivity index (χ1v) is 19.2. The molecule has 0 radical (unpaired) electrons. The van der Waals surface area contributed by atoms with Crippen LogP contribution in [0.2, 0.25) is 0 Å². The van der Waals surface area contributed by atoms with Gasteiger partial charge < -0.3 is 9.80 Å². The van der Waals surface area contributed by atoms with Crippen LogP contribution in [0.1, 0.15) is 61.3 Å². The molecule has 5 aromatic rings. The maximum Gasteiger partial charge on any atom is 0.0461 e. The van der Waals surface area contributed by atoms with E-state index in [1.54, 1.807) is 0 Å². The second-order valence-electron chi connectivity index (χ2n) is 15.0. The summed E-state index contributed by atoms with van der Waals surface area (Å²) in [7, 11) is 0. The molecule has 1 unspecified atom stereocenters. The fourth-order valence-corrected chi connectivity index (χ4v) is 7.59. The van der Waals surface area contributed by atoms with Crippen LogP contribution >= 0.6 is 0 Å². The second-order valence-corrected chi connectivity index (χ2v) is 15.0. The summed E-state index contributed by atoms with van der Waals surface area (Å²) in [4.78, 5) is 14.2. The Hall–Kier alpha value is -6.00. The Morgan fingerprint density at radius 2 is 1.19 bits per heavy atom. The molecule has 0 bridgehead atoms. The zero-order chi connectivity index (χ0) is 37.0. The molecule has 268 valence electrons. The number of nitrogens with zero attached hydrogens (tertiary/aromatic N) is 4. The van der Waals surface area contributed by atoms with Crippen molar-refractivity contribution in [3.63, 3.8) is 0 Å². The molecule has 54 heavy (non-hydrogen) atoms. The number of anilines is 4. The van der Waals surface area contributed by atoms with E-state index < -0.39 is 0 Å². The quantitative estimate of drug-likeness (QED) is 0.161. The van der Waals surface area contributed by atoms with Crippen LogP contribution in [-0.4, -0.2) is 11.2 Å². The first kappa shape index (κ1) is 35.1. The van der Waals surface area contributed by atoms with Crippen LogP contribution in [0, 0.1) is 26.7 Å². The summed E-state index contributed by atoms with van der Waals surface area (Å²) in [5, 5.41) is 0. The van der Waals surface area contributed by atoms with E-state index in [0.717, 1.165) is 60.2 Å². The highest BCUT2D eigenvalue weighted by Gasteiger charge is 2.21. The van der Waals surface area contributed by atoms with E-state index in [-0.39, 0.29) is 0 Å². The van der Waals surface area contributed by atoms with Gasteiger partial charge in [0.05, 0.1) is 0 Å². The number of rotatable bonds is 8. The van der Waals surface area contributed by atoms with Crippen molar-refractivity contribution in [2.45, 2.75) is 59.8 Å². The third-order valence-electron chi connectivity index (χ3n) is 10.8. The molecular formula is C50H48N4. The van der Waals surface area contributed by atoms with Gasteiger partial charge >= 0.3 is 0 Å². The molecule has 3 aliphatic rings. The normalized spacial score (nSPS) is 18.1. The van der Waals surface area contributed by atoms with Crippen molar-refractivity contribution in [2.24, 2.45) is 10.9 Å². The Labute approximate surface area is 320 Å². The van der Waals surface area contributed by atoms with Crippen molar-refractivity contribution in [3.8, 4) is 11.1 Å². The van der Waals surface area contributed by atoms with Crippen LogP contribution < -0.4 is 9.80 Å². The monoisotopic (exact) mass is 704 g/mol. The number of pyridine rings is 1. The van der Waals surface area contributed by atoms with Crippen molar-refractivity contribution in [2.75, 3.05) is 9.80 Å². The fraction of sp³-hybridized carbons (Fsp3) is 0.200. The molecule has 0 saturated carbocycles. The standard InChI is InChI=1S/C50H48N4/c1-35-5-17-45(18-6-35)53(46-19-7-36(2)8-20-46)49-25-13-39(14-26-49)41-29-43(33-51-31-41)44-30-42(32-52-34-44)40-15-27-50(28-16-40)54(47-21-9-37(3)10-22-47)48-23-11-38(4)12-24-48/h5-11,15-25,27-28,30-34,38H,12-14,26,29H2,1-4H3/b41-39+. The van der Waals surface area contributed by atoms with Crippen LogP contribution in [0.3, 0.4) is 0 Å². The summed E-state index contributed by atoms with van der Waals surface area (Å²) in [6.45, 7) is 8.69. The van der Waals surface area contributed by atoms with Gasteiger partial charge in [-0.1, -0.05) is 95.9 Å². The van der Waals surface area contributed by atoms with Crippen LogP contribution in [0.15, 0.2) is 174 Å². The molecule has 1 aromatic heterocycles. The Morgan fingerprint density at radius 1 is 0.611 bits per heavy atom. The van der Waals surface area contributed by atoms with Gasteiger partial charge in [-0.25, -0.2) is 0 Å². The van der Waals surface area contributed by atoms with Gasteiger partial charge in [-0.3, -0.25) is 9.98 Å². The molecule has 2 heterocycles. The van der Waals surface area contributed by atoms with Gasteiger partial charge in [-0.2, -0.15) is 0 Å². The predicted octanol–water partition coefficient (Wildman–Crippen LogP) is 13.3. The van der Waals surface area contributed by atoms with Crippen LogP contribution in [0.25, 0.3) is 16.7 Å². The van der Waals surface area contributed by atoms with Crippen molar-refractivity contribution in [3.05, 3.63) is 191 Å². The number of hydrogen-bond donors (Lipinski definition) is 0. The largest absolute Gasteiger partial charge is 0.315 e. The molecule has 8 rings (SSSR count). The Kier molecular flexibility index (Phi) is 10.1. The Morgan fingerprint density at radius 3 is 1.74 bits per heavy atom. The van der Waals surface area contributed by atoms with Gasteiger partial charge in [-0.05, 0) is 135 Å². The Balaban J connectivity index is 1.01. The average Bonchev–Trinajstić information content (AvgIpc) is 3.21. The van der Waals surface area contributed by atoms with Crippen molar-refractivity contribution >= 4 is 34.5 Å². The number of benzene rings is 4. The lowest BCUT2D eigenvalue weighted by Gasteiger charge is -2.31. The highest BCUT2D eigenvalue weighted by Crippen LogP contribution is 2.39. The molecule has 0 amide bonds. The van der Waals surface area contributed by atoms with Crippen LogP contribution in [-0.2, 0) is 0 Å². The third kappa shape index (κ3) is 7.70. The van der Waals surface area contributed by atoms with Gasteiger partial charge in [-0.15, -0.1) is 0 Å². The highest BCUT2D eigenvalue weighted by molar-refractivity contribution is 5.89. The zero-order valence-corrected chi connectivity index (χ0v) is 31.8. The Bertz CT molecular complexity index is 2270. The molecule has 1 atom stereocenters. The van der Waals surface area contributed by atoms with Gasteiger partial charge in [0.25, 0.3) is 0 Å². The van der Waals surface area contributed by atoms with Gasteiger partial charge in [0.15, 0.2) is 0 Å². The minimum atomic E-state index is 0.560. The molecule has 0 saturated heterocycles. The first-order chi connectivity index (χ1) is 26.4. The summed E-state index contributed by atoms with van der Waals surface area (Å²) in [5.74, 6) is 0.560. The molecule has 0 N–H and O–H groups in total. The van der Waals surface area contributed by atoms with E-state index in [4.69, 9.17) is 9.98 Å². The molecule has 4 heteroatoms. The maximum absolute atomic E-state index is 4.75. The number of aliphatic imine (C=N–C) groups is 1. The lowest BCUT2D eigenvalue weighted by molar-refractivity contribution is 0.728.